The molecular weight excluding hydrogens is 259 g/mol. The number of hydrogen-bond acceptors (Lipinski definition) is 3. The van der Waals surface area contributed by atoms with E-state index in [9.17, 15) is 14.3 Å². The van der Waals surface area contributed by atoms with E-state index in [-0.39, 0.29) is 18.3 Å². The van der Waals surface area contributed by atoms with Gasteiger partial charge in [-0.15, -0.1) is 0 Å². The highest BCUT2D eigenvalue weighted by Crippen LogP contribution is 2.41. The molecule has 2 N–H and O–H groups in total. The van der Waals surface area contributed by atoms with Crippen molar-refractivity contribution in [3.05, 3.63) is 30.1 Å². The Labute approximate surface area is 118 Å². The highest BCUT2D eigenvalue weighted by Gasteiger charge is 2.51. The first kappa shape index (κ1) is 14.8. The van der Waals surface area contributed by atoms with Crippen LogP contribution in [0.1, 0.15) is 19.8 Å². The van der Waals surface area contributed by atoms with E-state index in [2.05, 4.69) is 5.32 Å². The summed E-state index contributed by atoms with van der Waals surface area (Å²) in [5, 5.41) is 12.8. The van der Waals surface area contributed by atoms with Crippen molar-refractivity contribution in [2.75, 3.05) is 25.0 Å². The van der Waals surface area contributed by atoms with E-state index in [1.165, 1.54) is 6.07 Å². The van der Waals surface area contributed by atoms with Crippen molar-refractivity contribution >= 4 is 11.7 Å². The number of carboxylic acid groups (broad SMARTS) is 1. The van der Waals surface area contributed by atoms with E-state index in [0.717, 1.165) is 12.8 Å². The Balaban J connectivity index is 2.23. The fourth-order valence-electron chi connectivity index (χ4n) is 2.76. The van der Waals surface area contributed by atoms with Gasteiger partial charge in [0.05, 0.1) is 5.69 Å². The third-order valence-electron chi connectivity index (χ3n) is 3.90. The van der Waals surface area contributed by atoms with Crippen LogP contribution in [0, 0.1) is 11.7 Å². The number of nitrogens with zero attached hydrogens (tertiary/aromatic N) is 1. The molecule has 4 nitrogen and oxygen atoms in total. The van der Waals surface area contributed by atoms with Gasteiger partial charge in [0.1, 0.15) is 11.4 Å². The highest BCUT2D eigenvalue weighted by atomic mass is 19.1. The number of para-hydroxylation sites is 1. The fraction of sp³-hybridized carbons (Fsp3) is 0.533. The minimum atomic E-state index is -0.994. The lowest BCUT2D eigenvalue weighted by molar-refractivity contribution is -0.145. The van der Waals surface area contributed by atoms with Crippen LogP contribution in [0.2, 0.25) is 0 Å². The van der Waals surface area contributed by atoms with Crippen LogP contribution in [0.15, 0.2) is 24.3 Å². The number of anilines is 1. The predicted molar refractivity (Wildman–Crippen MR) is 76.4 cm³/mol. The van der Waals surface area contributed by atoms with E-state index in [1.807, 2.05) is 6.92 Å². The lowest BCUT2D eigenvalue weighted by Crippen LogP contribution is -2.60. The van der Waals surface area contributed by atoms with Crippen molar-refractivity contribution in [3.8, 4) is 0 Å². The molecule has 0 saturated heterocycles. The number of nitrogens with one attached hydrogen (secondary N) is 1. The predicted octanol–water partition coefficient (Wildman–Crippen LogP) is 2.10. The van der Waals surface area contributed by atoms with Gasteiger partial charge in [0, 0.05) is 13.6 Å². The molecular formula is C15H21FN2O2. The molecule has 1 aromatic rings. The van der Waals surface area contributed by atoms with Gasteiger partial charge >= 0.3 is 5.97 Å². The number of hydrogen-bond donors (Lipinski definition) is 2. The van der Waals surface area contributed by atoms with E-state index >= 15 is 0 Å². The monoisotopic (exact) mass is 280 g/mol. The number of carbonyl (C=O) groups is 1. The molecule has 2 rings (SSSR count). The van der Waals surface area contributed by atoms with Crippen molar-refractivity contribution < 1.29 is 14.3 Å². The van der Waals surface area contributed by atoms with E-state index in [0.29, 0.717) is 12.2 Å². The molecule has 0 amide bonds. The van der Waals surface area contributed by atoms with Crippen LogP contribution in [0.5, 0.6) is 0 Å². The molecule has 0 aliphatic heterocycles. The summed E-state index contributed by atoms with van der Waals surface area (Å²) in [6.45, 7) is 2.72. The quantitative estimate of drug-likeness (QED) is 0.803. The van der Waals surface area contributed by atoms with Gasteiger partial charge in [0.25, 0.3) is 0 Å². The van der Waals surface area contributed by atoms with E-state index < -0.39 is 11.5 Å². The zero-order valence-electron chi connectivity index (χ0n) is 11.9. The van der Waals surface area contributed by atoms with Crippen molar-refractivity contribution in [2.24, 2.45) is 5.92 Å². The Morgan fingerprint density at radius 1 is 1.50 bits per heavy atom. The fourth-order valence-corrected chi connectivity index (χ4v) is 2.76. The van der Waals surface area contributed by atoms with Gasteiger partial charge in [-0.2, -0.15) is 0 Å². The number of benzene rings is 1. The number of carboxylic acids is 1. The van der Waals surface area contributed by atoms with Gasteiger partial charge < -0.3 is 15.3 Å². The van der Waals surface area contributed by atoms with Crippen LogP contribution < -0.4 is 10.2 Å². The van der Waals surface area contributed by atoms with Crippen molar-refractivity contribution in [1.82, 2.24) is 5.32 Å². The maximum atomic E-state index is 13.8. The Bertz CT molecular complexity index is 491. The van der Waals surface area contributed by atoms with Crippen molar-refractivity contribution in [2.45, 2.75) is 25.3 Å². The molecule has 1 fully saturated rings. The minimum absolute atomic E-state index is 0.120. The van der Waals surface area contributed by atoms with Gasteiger partial charge in [0.2, 0.25) is 0 Å². The van der Waals surface area contributed by atoms with Crippen molar-refractivity contribution in [3.63, 3.8) is 0 Å². The molecule has 1 atom stereocenters. The molecule has 0 radical (unpaired) electrons. The number of halogens is 1. The number of rotatable bonds is 7. The molecule has 1 saturated carbocycles. The molecule has 1 unspecified atom stereocenters. The van der Waals surface area contributed by atoms with E-state index in [1.54, 1.807) is 30.1 Å². The SMILES string of the molecule is CCNC(CN(C)c1ccccc1F)(C(=O)O)C1CC1. The second-order valence-corrected chi connectivity index (χ2v) is 5.39. The molecule has 0 spiro atoms. The Hall–Kier alpha value is -1.62. The maximum Gasteiger partial charge on any atom is 0.326 e. The summed E-state index contributed by atoms with van der Waals surface area (Å²) < 4.78 is 13.8. The molecule has 0 heterocycles. The normalized spacial score (nSPS) is 17.6. The van der Waals surface area contributed by atoms with Gasteiger partial charge in [0.15, 0.2) is 0 Å². The molecule has 1 aromatic carbocycles. The zero-order valence-corrected chi connectivity index (χ0v) is 11.9. The maximum absolute atomic E-state index is 13.8. The molecule has 1 aliphatic carbocycles. The Kier molecular flexibility index (Phi) is 4.28. The smallest absolute Gasteiger partial charge is 0.326 e. The van der Waals surface area contributed by atoms with Crippen molar-refractivity contribution in [1.29, 1.82) is 0 Å². The van der Waals surface area contributed by atoms with Crippen LogP contribution in [-0.4, -0.2) is 36.8 Å². The summed E-state index contributed by atoms with van der Waals surface area (Å²) in [6.07, 6.45) is 1.81. The van der Waals surface area contributed by atoms with Crippen LogP contribution in [0.4, 0.5) is 10.1 Å². The lowest BCUT2D eigenvalue weighted by Gasteiger charge is -2.35. The molecule has 110 valence electrons. The zero-order chi connectivity index (χ0) is 14.8. The highest BCUT2D eigenvalue weighted by molar-refractivity contribution is 5.81. The van der Waals surface area contributed by atoms with Gasteiger partial charge in [-0.25, -0.2) is 4.39 Å². The molecule has 0 bridgehead atoms. The standard InChI is InChI=1S/C15H21FN2O2/c1-3-17-15(14(19)20,11-8-9-11)10-18(2)13-7-5-4-6-12(13)16/h4-7,11,17H,3,8-10H2,1-2H3,(H,19,20). The molecule has 5 heteroatoms. The molecule has 20 heavy (non-hydrogen) atoms. The van der Waals surface area contributed by atoms with Crippen LogP contribution in [0.3, 0.4) is 0 Å². The van der Waals surface area contributed by atoms with Gasteiger partial charge in [-0.05, 0) is 37.4 Å². The third-order valence-corrected chi connectivity index (χ3v) is 3.90. The second kappa shape index (κ2) is 5.79. The summed E-state index contributed by atoms with van der Waals surface area (Å²) in [5.74, 6) is -1.07. The number of likely N-dealkylation sites (N-methyl/N-ethyl adjacent to an activating group) is 2. The molecule has 1 aliphatic rings. The molecule has 0 aromatic heterocycles. The first-order valence-corrected chi connectivity index (χ1v) is 6.95. The third kappa shape index (κ3) is 2.77. The van der Waals surface area contributed by atoms with Crippen LogP contribution in [-0.2, 0) is 4.79 Å². The van der Waals surface area contributed by atoms with Crippen LogP contribution >= 0.6 is 0 Å². The topological polar surface area (TPSA) is 52.6 Å². The largest absolute Gasteiger partial charge is 0.480 e. The summed E-state index contributed by atoms with van der Waals surface area (Å²) in [7, 11) is 1.73. The summed E-state index contributed by atoms with van der Waals surface area (Å²) in [6, 6.07) is 6.43. The Morgan fingerprint density at radius 3 is 2.65 bits per heavy atom. The average Bonchev–Trinajstić information content (AvgIpc) is 3.22. The lowest BCUT2D eigenvalue weighted by atomic mass is 9.92. The summed E-state index contributed by atoms with van der Waals surface area (Å²) in [5.41, 5.74) is -0.567. The minimum Gasteiger partial charge on any atom is -0.480 e. The first-order valence-electron chi connectivity index (χ1n) is 6.95. The van der Waals surface area contributed by atoms with Gasteiger partial charge in [-0.1, -0.05) is 19.1 Å². The Morgan fingerprint density at radius 2 is 2.15 bits per heavy atom. The first-order chi connectivity index (χ1) is 9.51. The van der Waals surface area contributed by atoms with Crippen LogP contribution in [0.25, 0.3) is 0 Å². The summed E-state index contributed by atoms with van der Waals surface area (Å²) >= 11 is 0. The van der Waals surface area contributed by atoms with E-state index in [4.69, 9.17) is 0 Å². The average molecular weight is 280 g/mol. The van der Waals surface area contributed by atoms with Gasteiger partial charge in [-0.3, -0.25) is 4.79 Å². The second-order valence-electron chi connectivity index (χ2n) is 5.39. The number of aliphatic carboxylic acids is 1. The summed E-state index contributed by atoms with van der Waals surface area (Å²) in [4.78, 5) is 13.4.